The zero-order chi connectivity index (χ0) is 20.0. The molecule has 26 heavy (non-hydrogen) atoms. The Morgan fingerprint density at radius 2 is 1.96 bits per heavy atom. The molecule has 0 spiro atoms. The van der Waals surface area contributed by atoms with E-state index in [1.54, 1.807) is 20.8 Å². The van der Waals surface area contributed by atoms with E-state index in [0.29, 0.717) is 13.2 Å². The van der Waals surface area contributed by atoms with E-state index in [4.69, 9.17) is 20.0 Å². The molecule has 9 heteroatoms. The number of morpholine rings is 1. The fraction of sp³-hybridized carbons (Fsp3) is 0.824. The van der Waals surface area contributed by atoms with Gasteiger partial charge >= 0.3 is 6.09 Å². The first-order chi connectivity index (χ1) is 11.9. The smallest absolute Gasteiger partial charge is 0.411 e. The third-order valence-corrected chi connectivity index (χ3v) is 3.83. The van der Waals surface area contributed by atoms with Gasteiger partial charge in [0, 0.05) is 12.1 Å². The van der Waals surface area contributed by atoms with Crippen molar-refractivity contribution in [2.45, 2.75) is 65.1 Å². The molecule has 1 rings (SSSR count). The molecule has 0 aliphatic carbocycles. The van der Waals surface area contributed by atoms with Gasteiger partial charge in [-0.2, -0.15) is 0 Å². The molecule has 1 aliphatic rings. The Morgan fingerprint density at radius 1 is 1.31 bits per heavy atom. The molecule has 0 unspecified atom stereocenters. The van der Waals surface area contributed by atoms with Crippen molar-refractivity contribution in [2.75, 3.05) is 26.4 Å². The standard InChI is InChI=1S/C17H32N4O5/c1-7-17(5,6)19-13(22)11-25-20-14(18)12-10-24-9-8-21(12)15(23)26-16(2,3)4/h12H,7-11H2,1-6H3,(H2,18,20)(H,19,22)/t12-/m0/s1. The summed E-state index contributed by atoms with van der Waals surface area (Å²) in [4.78, 5) is 30.7. The van der Waals surface area contributed by atoms with Gasteiger partial charge in [-0.05, 0) is 41.0 Å². The maximum atomic E-state index is 12.3. The number of rotatable bonds is 6. The number of nitrogens with one attached hydrogen (secondary N) is 1. The van der Waals surface area contributed by atoms with Crippen LogP contribution in [0, 0.1) is 0 Å². The average Bonchev–Trinajstić information content (AvgIpc) is 2.52. The molecule has 1 atom stereocenters. The molecule has 0 radical (unpaired) electrons. The van der Waals surface area contributed by atoms with E-state index in [2.05, 4.69) is 10.5 Å². The van der Waals surface area contributed by atoms with Gasteiger partial charge < -0.3 is 25.4 Å². The summed E-state index contributed by atoms with van der Waals surface area (Å²) in [6, 6.07) is -0.603. The van der Waals surface area contributed by atoms with Gasteiger partial charge in [0.2, 0.25) is 0 Å². The maximum absolute atomic E-state index is 12.3. The molecule has 1 fully saturated rings. The van der Waals surface area contributed by atoms with Crippen molar-refractivity contribution in [3.8, 4) is 0 Å². The van der Waals surface area contributed by atoms with E-state index >= 15 is 0 Å². The minimum Gasteiger partial charge on any atom is -0.444 e. The van der Waals surface area contributed by atoms with Crippen molar-refractivity contribution in [2.24, 2.45) is 10.9 Å². The minimum atomic E-state index is -0.619. The SMILES string of the molecule is CCC(C)(C)NC(=O)CON=C(N)[C@@H]1COCCN1C(=O)OC(C)(C)C. The van der Waals surface area contributed by atoms with Gasteiger partial charge in [-0.15, -0.1) is 0 Å². The monoisotopic (exact) mass is 372 g/mol. The largest absolute Gasteiger partial charge is 0.444 e. The average molecular weight is 372 g/mol. The number of amidine groups is 1. The molecule has 0 aromatic heterocycles. The highest BCUT2D eigenvalue weighted by Crippen LogP contribution is 2.15. The van der Waals surface area contributed by atoms with Crippen molar-refractivity contribution in [1.29, 1.82) is 0 Å². The molecule has 2 amide bonds. The van der Waals surface area contributed by atoms with Crippen molar-refractivity contribution < 1.29 is 23.9 Å². The Hall–Kier alpha value is -2.03. The van der Waals surface area contributed by atoms with Gasteiger partial charge in [0.25, 0.3) is 5.91 Å². The van der Waals surface area contributed by atoms with E-state index in [0.717, 1.165) is 6.42 Å². The number of carbonyl (C=O) groups excluding carboxylic acids is 2. The molecule has 1 aliphatic heterocycles. The summed E-state index contributed by atoms with van der Waals surface area (Å²) in [6.07, 6.45) is 0.292. The van der Waals surface area contributed by atoms with Crippen LogP contribution in [-0.4, -0.2) is 66.3 Å². The zero-order valence-corrected chi connectivity index (χ0v) is 16.6. The van der Waals surface area contributed by atoms with Crippen LogP contribution in [0.25, 0.3) is 0 Å². The van der Waals surface area contributed by atoms with E-state index in [1.807, 2.05) is 20.8 Å². The molecule has 0 saturated carbocycles. The van der Waals surface area contributed by atoms with Gasteiger partial charge in [0.1, 0.15) is 11.6 Å². The highest BCUT2D eigenvalue weighted by atomic mass is 16.6. The minimum absolute atomic E-state index is 0.0538. The lowest BCUT2D eigenvalue weighted by Crippen LogP contribution is -2.55. The molecule has 0 aromatic carbocycles. The van der Waals surface area contributed by atoms with Crippen LogP contribution in [0.4, 0.5) is 4.79 Å². The second-order valence-electron chi connectivity index (χ2n) is 7.84. The van der Waals surface area contributed by atoms with Crippen LogP contribution in [0.2, 0.25) is 0 Å². The number of ether oxygens (including phenoxy) is 2. The summed E-state index contributed by atoms with van der Waals surface area (Å²) < 4.78 is 10.8. The highest BCUT2D eigenvalue weighted by Gasteiger charge is 2.33. The molecule has 3 N–H and O–H groups in total. The van der Waals surface area contributed by atoms with E-state index < -0.39 is 17.7 Å². The summed E-state index contributed by atoms with van der Waals surface area (Å²) in [5.41, 5.74) is 5.01. The van der Waals surface area contributed by atoms with Gasteiger partial charge in [-0.3, -0.25) is 9.69 Å². The Labute approximate surface area is 155 Å². The number of hydrogen-bond acceptors (Lipinski definition) is 6. The number of amides is 2. The van der Waals surface area contributed by atoms with Gasteiger partial charge in [-0.1, -0.05) is 12.1 Å². The van der Waals surface area contributed by atoms with E-state index in [9.17, 15) is 9.59 Å². The topological polar surface area (TPSA) is 115 Å². The molecule has 1 saturated heterocycles. The van der Waals surface area contributed by atoms with Crippen molar-refractivity contribution in [3.63, 3.8) is 0 Å². The predicted molar refractivity (Wildman–Crippen MR) is 97.6 cm³/mol. The Bertz CT molecular complexity index is 528. The fourth-order valence-electron chi connectivity index (χ4n) is 2.12. The fourth-order valence-corrected chi connectivity index (χ4v) is 2.12. The van der Waals surface area contributed by atoms with E-state index in [-0.39, 0.29) is 30.5 Å². The number of nitrogens with two attached hydrogens (primary N) is 1. The van der Waals surface area contributed by atoms with Crippen molar-refractivity contribution in [3.05, 3.63) is 0 Å². The predicted octanol–water partition coefficient (Wildman–Crippen LogP) is 1.22. The molecular formula is C17H32N4O5. The lowest BCUT2D eigenvalue weighted by Gasteiger charge is -2.35. The summed E-state index contributed by atoms with van der Waals surface area (Å²) in [6.45, 7) is 11.8. The van der Waals surface area contributed by atoms with Crippen LogP contribution in [-0.2, 0) is 19.1 Å². The third kappa shape index (κ3) is 7.47. The Morgan fingerprint density at radius 3 is 2.54 bits per heavy atom. The zero-order valence-electron chi connectivity index (χ0n) is 16.6. The lowest BCUT2D eigenvalue weighted by atomic mass is 10.0. The van der Waals surface area contributed by atoms with E-state index in [1.165, 1.54) is 4.90 Å². The molecular weight excluding hydrogens is 340 g/mol. The second-order valence-corrected chi connectivity index (χ2v) is 7.84. The third-order valence-electron chi connectivity index (χ3n) is 3.83. The molecule has 0 aromatic rings. The Kier molecular flexibility index (Phi) is 7.68. The number of oxime groups is 1. The van der Waals surface area contributed by atoms with Crippen LogP contribution < -0.4 is 11.1 Å². The van der Waals surface area contributed by atoms with Crippen LogP contribution >= 0.6 is 0 Å². The number of nitrogens with zero attached hydrogens (tertiary/aromatic N) is 2. The Balaban J connectivity index is 2.64. The lowest BCUT2D eigenvalue weighted by molar-refractivity contribution is -0.127. The summed E-state index contributed by atoms with van der Waals surface area (Å²) in [5.74, 6) is -0.240. The van der Waals surface area contributed by atoms with Crippen molar-refractivity contribution >= 4 is 17.8 Å². The van der Waals surface area contributed by atoms with Crippen LogP contribution in [0.3, 0.4) is 0 Å². The molecule has 0 bridgehead atoms. The normalized spacial score (nSPS) is 19.1. The summed E-state index contributed by atoms with van der Waals surface area (Å²) >= 11 is 0. The van der Waals surface area contributed by atoms with Crippen LogP contribution in [0.1, 0.15) is 48.0 Å². The van der Waals surface area contributed by atoms with Crippen molar-refractivity contribution in [1.82, 2.24) is 10.2 Å². The van der Waals surface area contributed by atoms with Crippen LogP contribution in [0.15, 0.2) is 5.16 Å². The molecule has 1 heterocycles. The number of hydrogen-bond donors (Lipinski definition) is 2. The highest BCUT2D eigenvalue weighted by molar-refractivity contribution is 5.89. The van der Waals surface area contributed by atoms with Crippen LogP contribution in [0.5, 0.6) is 0 Å². The first kappa shape index (κ1) is 22.0. The molecule has 9 nitrogen and oxygen atoms in total. The maximum Gasteiger partial charge on any atom is 0.411 e. The quantitative estimate of drug-likeness (QED) is 0.411. The van der Waals surface area contributed by atoms with Gasteiger partial charge in [-0.25, -0.2) is 4.79 Å². The number of carbonyl (C=O) groups is 2. The molecule has 150 valence electrons. The van der Waals surface area contributed by atoms with Gasteiger partial charge in [0.15, 0.2) is 12.4 Å². The first-order valence-corrected chi connectivity index (χ1v) is 8.79. The summed E-state index contributed by atoms with van der Waals surface area (Å²) in [5, 5.41) is 6.61. The van der Waals surface area contributed by atoms with Gasteiger partial charge in [0.05, 0.1) is 13.2 Å². The first-order valence-electron chi connectivity index (χ1n) is 8.79. The summed E-state index contributed by atoms with van der Waals surface area (Å²) in [7, 11) is 0. The second kappa shape index (κ2) is 9.07.